The molecule has 2 unspecified atom stereocenters. The van der Waals surface area contributed by atoms with Crippen LogP contribution in [0.3, 0.4) is 0 Å². The zero-order chi connectivity index (χ0) is 13.7. The molecule has 106 valence electrons. The molecule has 1 aliphatic rings. The van der Waals surface area contributed by atoms with E-state index in [1.807, 2.05) is 30.3 Å². The van der Waals surface area contributed by atoms with Gasteiger partial charge in [-0.05, 0) is 36.8 Å². The molecule has 0 bridgehead atoms. The van der Waals surface area contributed by atoms with E-state index in [1.165, 1.54) is 6.42 Å². The third-order valence-corrected chi connectivity index (χ3v) is 3.81. The molecule has 2 atom stereocenters. The average molecular weight is 263 g/mol. The Morgan fingerprint density at radius 1 is 1.21 bits per heavy atom. The fraction of sp³-hybridized carbons (Fsp3) is 0.625. The van der Waals surface area contributed by atoms with E-state index in [-0.39, 0.29) is 12.1 Å². The molecular formula is C16H25NO2. The van der Waals surface area contributed by atoms with Crippen LogP contribution in [0, 0.1) is 5.41 Å². The van der Waals surface area contributed by atoms with Crippen LogP contribution in [0.1, 0.15) is 33.1 Å². The zero-order valence-corrected chi connectivity index (χ0v) is 12.0. The maximum absolute atomic E-state index is 6.13. The van der Waals surface area contributed by atoms with Gasteiger partial charge >= 0.3 is 0 Å². The van der Waals surface area contributed by atoms with Crippen LogP contribution in [0.25, 0.3) is 0 Å². The quantitative estimate of drug-likeness (QED) is 0.831. The van der Waals surface area contributed by atoms with Crippen molar-refractivity contribution in [1.29, 1.82) is 0 Å². The molecule has 3 heteroatoms. The van der Waals surface area contributed by atoms with E-state index in [0.29, 0.717) is 18.6 Å². The molecule has 1 saturated carbocycles. The minimum absolute atomic E-state index is 0.170. The lowest BCUT2D eigenvalue weighted by Crippen LogP contribution is -2.45. The van der Waals surface area contributed by atoms with E-state index in [0.717, 1.165) is 18.6 Å². The minimum Gasteiger partial charge on any atom is -0.491 e. The van der Waals surface area contributed by atoms with Gasteiger partial charge in [-0.3, -0.25) is 0 Å². The standard InChI is InChI=1S/C16H25NO2/c1-16(2)9-8-14(17)15(12-16)19-11-10-18-13-6-4-3-5-7-13/h3-7,14-15H,8-12,17H2,1-2H3. The first-order valence-corrected chi connectivity index (χ1v) is 7.12. The van der Waals surface area contributed by atoms with Gasteiger partial charge in [0.15, 0.2) is 0 Å². The van der Waals surface area contributed by atoms with Gasteiger partial charge < -0.3 is 15.2 Å². The predicted molar refractivity (Wildman–Crippen MR) is 77.3 cm³/mol. The molecule has 0 heterocycles. The van der Waals surface area contributed by atoms with Crippen molar-refractivity contribution in [2.24, 2.45) is 11.1 Å². The molecule has 0 aliphatic heterocycles. The number of nitrogens with two attached hydrogens (primary N) is 1. The van der Waals surface area contributed by atoms with E-state index in [4.69, 9.17) is 15.2 Å². The first-order valence-electron chi connectivity index (χ1n) is 7.12. The van der Waals surface area contributed by atoms with Crippen molar-refractivity contribution in [1.82, 2.24) is 0 Å². The van der Waals surface area contributed by atoms with E-state index in [9.17, 15) is 0 Å². The summed E-state index contributed by atoms with van der Waals surface area (Å²) >= 11 is 0. The molecule has 1 aromatic rings. The van der Waals surface area contributed by atoms with Crippen molar-refractivity contribution in [2.45, 2.75) is 45.3 Å². The van der Waals surface area contributed by atoms with Gasteiger partial charge in [-0.25, -0.2) is 0 Å². The van der Waals surface area contributed by atoms with Crippen LogP contribution in [0.4, 0.5) is 0 Å². The van der Waals surface area contributed by atoms with Crippen LogP contribution in [-0.4, -0.2) is 25.4 Å². The SMILES string of the molecule is CC1(C)CCC(N)C(OCCOc2ccccc2)C1. The summed E-state index contributed by atoms with van der Waals surface area (Å²) in [5.74, 6) is 0.888. The van der Waals surface area contributed by atoms with Gasteiger partial charge in [-0.15, -0.1) is 0 Å². The Balaban J connectivity index is 1.70. The second-order valence-corrected chi connectivity index (χ2v) is 6.14. The number of rotatable bonds is 5. The summed E-state index contributed by atoms with van der Waals surface area (Å²) in [6.45, 7) is 5.75. The van der Waals surface area contributed by atoms with Crippen molar-refractivity contribution >= 4 is 0 Å². The number of ether oxygens (including phenoxy) is 2. The highest BCUT2D eigenvalue weighted by Gasteiger charge is 2.33. The van der Waals surface area contributed by atoms with Crippen LogP contribution in [-0.2, 0) is 4.74 Å². The van der Waals surface area contributed by atoms with Crippen LogP contribution in [0.15, 0.2) is 30.3 Å². The lowest BCUT2D eigenvalue weighted by molar-refractivity contribution is -0.0284. The Kier molecular flexibility index (Phi) is 4.83. The summed E-state index contributed by atoms with van der Waals surface area (Å²) in [5, 5.41) is 0. The van der Waals surface area contributed by atoms with Gasteiger partial charge in [0.2, 0.25) is 0 Å². The van der Waals surface area contributed by atoms with Gasteiger partial charge in [-0.2, -0.15) is 0 Å². The molecule has 0 aromatic heterocycles. The van der Waals surface area contributed by atoms with Crippen molar-refractivity contribution in [3.63, 3.8) is 0 Å². The molecule has 3 nitrogen and oxygen atoms in total. The molecule has 0 amide bonds. The van der Waals surface area contributed by atoms with Crippen molar-refractivity contribution in [2.75, 3.05) is 13.2 Å². The number of hydrogen-bond acceptors (Lipinski definition) is 3. The first-order chi connectivity index (χ1) is 9.07. The lowest BCUT2D eigenvalue weighted by atomic mass is 9.74. The van der Waals surface area contributed by atoms with Crippen LogP contribution >= 0.6 is 0 Å². The number of hydrogen-bond donors (Lipinski definition) is 1. The second kappa shape index (κ2) is 6.40. The average Bonchev–Trinajstić information content (AvgIpc) is 2.40. The molecule has 1 aliphatic carbocycles. The number of para-hydroxylation sites is 1. The molecule has 0 saturated heterocycles. The maximum atomic E-state index is 6.13. The number of benzene rings is 1. The summed E-state index contributed by atoms with van der Waals surface area (Å²) in [6, 6.07) is 9.99. The second-order valence-electron chi connectivity index (χ2n) is 6.14. The Labute approximate surface area is 116 Å². The van der Waals surface area contributed by atoms with Gasteiger partial charge in [0.25, 0.3) is 0 Å². The molecule has 0 radical (unpaired) electrons. The van der Waals surface area contributed by atoms with E-state index in [2.05, 4.69) is 13.8 Å². The van der Waals surface area contributed by atoms with Crippen molar-refractivity contribution in [3.8, 4) is 5.75 Å². The molecule has 1 aromatic carbocycles. The fourth-order valence-corrected chi connectivity index (χ4v) is 2.60. The van der Waals surface area contributed by atoms with Crippen LogP contribution < -0.4 is 10.5 Å². The summed E-state index contributed by atoms with van der Waals surface area (Å²) in [6.07, 6.45) is 3.45. The highest BCUT2D eigenvalue weighted by atomic mass is 16.5. The lowest BCUT2D eigenvalue weighted by Gasteiger charge is -2.38. The topological polar surface area (TPSA) is 44.5 Å². The third kappa shape index (κ3) is 4.51. The zero-order valence-electron chi connectivity index (χ0n) is 12.0. The Morgan fingerprint density at radius 3 is 2.68 bits per heavy atom. The molecular weight excluding hydrogens is 238 g/mol. The predicted octanol–water partition coefficient (Wildman–Crippen LogP) is 2.99. The summed E-state index contributed by atoms with van der Waals surface area (Å²) in [7, 11) is 0. The highest BCUT2D eigenvalue weighted by Crippen LogP contribution is 2.35. The van der Waals surface area contributed by atoms with E-state index < -0.39 is 0 Å². The smallest absolute Gasteiger partial charge is 0.119 e. The highest BCUT2D eigenvalue weighted by molar-refractivity contribution is 5.20. The molecule has 19 heavy (non-hydrogen) atoms. The summed E-state index contributed by atoms with van der Waals surface area (Å²) < 4.78 is 11.5. The molecule has 2 rings (SSSR count). The largest absolute Gasteiger partial charge is 0.491 e. The van der Waals surface area contributed by atoms with Crippen molar-refractivity contribution < 1.29 is 9.47 Å². The van der Waals surface area contributed by atoms with Crippen molar-refractivity contribution in [3.05, 3.63) is 30.3 Å². The maximum Gasteiger partial charge on any atom is 0.119 e. The Hall–Kier alpha value is -1.06. The van der Waals surface area contributed by atoms with Gasteiger partial charge in [0.1, 0.15) is 12.4 Å². The Morgan fingerprint density at radius 2 is 1.95 bits per heavy atom. The molecule has 0 spiro atoms. The summed E-state index contributed by atoms with van der Waals surface area (Å²) in [4.78, 5) is 0. The third-order valence-electron chi connectivity index (χ3n) is 3.81. The fourth-order valence-electron chi connectivity index (χ4n) is 2.60. The van der Waals surface area contributed by atoms with E-state index >= 15 is 0 Å². The Bertz CT molecular complexity index is 378. The van der Waals surface area contributed by atoms with Gasteiger partial charge in [0, 0.05) is 6.04 Å². The first kappa shape index (κ1) is 14.4. The summed E-state index contributed by atoms with van der Waals surface area (Å²) in [5.41, 5.74) is 6.48. The van der Waals surface area contributed by atoms with Crippen LogP contribution in [0.2, 0.25) is 0 Å². The monoisotopic (exact) mass is 263 g/mol. The molecule has 1 fully saturated rings. The normalized spacial score (nSPS) is 26.1. The van der Waals surface area contributed by atoms with Crippen LogP contribution in [0.5, 0.6) is 5.75 Å². The minimum atomic E-state index is 0.170. The van der Waals surface area contributed by atoms with Gasteiger partial charge in [-0.1, -0.05) is 32.0 Å². The van der Waals surface area contributed by atoms with E-state index in [1.54, 1.807) is 0 Å². The van der Waals surface area contributed by atoms with Gasteiger partial charge in [0.05, 0.1) is 12.7 Å². The molecule has 2 N–H and O–H groups in total.